The van der Waals surface area contributed by atoms with Crippen molar-refractivity contribution in [3.8, 4) is 16.9 Å². The Morgan fingerprint density at radius 3 is 1.82 bits per heavy atom. The number of benzene rings is 2. The van der Waals surface area contributed by atoms with Crippen LogP contribution in [0.15, 0.2) is 84.4 Å². The molecular formula is C21H31N5O5S3. The fraction of sp³-hybridized carbons (Fsp3) is 0.0952. The van der Waals surface area contributed by atoms with Gasteiger partial charge in [0, 0.05) is 5.56 Å². The second-order valence-electron chi connectivity index (χ2n) is 5.59. The molecule has 0 spiro atoms. The number of primary amides is 2. The molecule has 13 heteroatoms. The SMILES string of the molecule is C.C=CC.NC(=O)S.NC(=O)S.NS(=O)(=O)c1ccccc1-n1nccc1-c1ccccc1.O. The van der Waals surface area contributed by atoms with Crippen molar-refractivity contribution in [2.24, 2.45) is 16.6 Å². The van der Waals surface area contributed by atoms with Crippen LogP contribution in [0.25, 0.3) is 16.9 Å². The van der Waals surface area contributed by atoms with Crippen LogP contribution in [0.4, 0.5) is 9.59 Å². The van der Waals surface area contributed by atoms with Crippen LogP contribution in [0.3, 0.4) is 0 Å². The molecule has 3 aromatic rings. The van der Waals surface area contributed by atoms with Gasteiger partial charge in [-0.1, -0.05) is 81.2 Å². The number of aromatic nitrogens is 2. The van der Waals surface area contributed by atoms with Gasteiger partial charge in [0.15, 0.2) is 0 Å². The number of allylic oxidation sites excluding steroid dienone is 1. The number of carbonyl (C=O) groups excluding carboxylic acids is 2. The molecule has 188 valence electrons. The second-order valence-corrected chi connectivity index (χ2v) is 8.00. The van der Waals surface area contributed by atoms with Crippen molar-refractivity contribution in [1.82, 2.24) is 9.78 Å². The lowest BCUT2D eigenvalue weighted by Gasteiger charge is -2.11. The van der Waals surface area contributed by atoms with Gasteiger partial charge in [-0.3, -0.25) is 9.59 Å². The highest BCUT2D eigenvalue weighted by molar-refractivity contribution is 7.96. The third-order valence-electron chi connectivity index (χ3n) is 3.11. The molecule has 0 saturated heterocycles. The van der Waals surface area contributed by atoms with Gasteiger partial charge in [-0.15, -0.1) is 6.58 Å². The number of para-hydroxylation sites is 1. The van der Waals surface area contributed by atoms with Gasteiger partial charge in [-0.05, 0) is 25.1 Å². The third-order valence-corrected chi connectivity index (χ3v) is 4.07. The number of carbonyl (C=O) groups is 2. The molecule has 0 aliphatic carbocycles. The molecule has 8 N–H and O–H groups in total. The number of sulfonamides is 1. The number of nitrogens with zero attached hydrogens (tertiary/aromatic N) is 2. The monoisotopic (exact) mass is 529 g/mol. The van der Waals surface area contributed by atoms with Crippen LogP contribution in [0.5, 0.6) is 0 Å². The van der Waals surface area contributed by atoms with Gasteiger partial charge in [0.05, 0.1) is 17.6 Å². The molecule has 1 aromatic heterocycles. The first-order chi connectivity index (χ1) is 14.9. The van der Waals surface area contributed by atoms with E-state index in [4.69, 9.17) is 14.7 Å². The van der Waals surface area contributed by atoms with Crippen molar-refractivity contribution in [2.75, 3.05) is 0 Å². The van der Waals surface area contributed by atoms with Gasteiger partial charge in [-0.25, -0.2) is 18.2 Å². The van der Waals surface area contributed by atoms with Crippen molar-refractivity contribution >= 4 is 45.8 Å². The van der Waals surface area contributed by atoms with Gasteiger partial charge in [0.25, 0.3) is 10.5 Å². The normalized spacial score (nSPS) is 8.94. The van der Waals surface area contributed by atoms with E-state index in [0.717, 1.165) is 11.3 Å². The fourth-order valence-electron chi connectivity index (χ4n) is 2.20. The Balaban J connectivity index is -0.000000630. The largest absolute Gasteiger partial charge is 0.412 e. The van der Waals surface area contributed by atoms with Crippen molar-refractivity contribution in [2.45, 2.75) is 19.2 Å². The Morgan fingerprint density at radius 2 is 1.38 bits per heavy atom. The maximum Gasteiger partial charge on any atom is 0.273 e. The quantitative estimate of drug-likeness (QED) is 0.256. The predicted molar refractivity (Wildman–Crippen MR) is 144 cm³/mol. The van der Waals surface area contributed by atoms with E-state index in [1.54, 1.807) is 35.2 Å². The summed E-state index contributed by atoms with van der Waals surface area (Å²) in [6.45, 7) is 5.25. The molecule has 2 aromatic carbocycles. The maximum atomic E-state index is 11.7. The molecule has 0 aliphatic heterocycles. The van der Waals surface area contributed by atoms with Crippen LogP contribution >= 0.6 is 25.3 Å². The van der Waals surface area contributed by atoms with E-state index in [0.29, 0.717) is 5.69 Å². The summed E-state index contributed by atoms with van der Waals surface area (Å²) >= 11 is 6.21. The van der Waals surface area contributed by atoms with Crippen LogP contribution in [-0.2, 0) is 10.0 Å². The Bertz CT molecular complexity index is 1100. The number of primary sulfonamides is 1. The van der Waals surface area contributed by atoms with E-state index in [1.807, 2.05) is 43.3 Å². The van der Waals surface area contributed by atoms with Crippen LogP contribution in [0, 0.1) is 0 Å². The predicted octanol–water partition coefficient (Wildman–Crippen LogP) is 3.18. The number of hydrogen-bond acceptors (Lipinski definition) is 5. The van der Waals surface area contributed by atoms with Gasteiger partial charge in [0.1, 0.15) is 4.90 Å². The van der Waals surface area contributed by atoms with Crippen LogP contribution in [-0.4, -0.2) is 34.2 Å². The summed E-state index contributed by atoms with van der Waals surface area (Å²) in [6.07, 6.45) is 3.38. The summed E-state index contributed by atoms with van der Waals surface area (Å²) in [4.78, 5) is 18.2. The summed E-state index contributed by atoms with van der Waals surface area (Å²) < 4.78 is 25.0. The van der Waals surface area contributed by atoms with Gasteiger partial charge in [-0.2, -0.15) is 5.10 Å². The first-order valence-corrected chi connectivity index (χ1v) is 11.1. The molecule has 0 atom stereocenters. The molecule has 1 heterocycles. The minimum absolute atomic E-state index is 0. The zero-order valence-corrected chi connectivity index (χ0v) is 20.3. The fourth-order valence-corrected chi connectivity index (χ4v) is 2.91. The number of amides is 2. The number of thiol groups is 2. The number of hydrogen-bond donors (Lipinski definition) is 5. The minimum Gasteiger partial charge on any atom is -0.412 e. The van der Waals surface area contributed by atoms with E-state index in [1.165, 1.54) is 6.07 Å². The Hall–Kier alpha value is -3.10. The van der Waals surface area contributed by atoms with Crippen molar-refractivity contribution in [3.05, 3.63) is 79.5 Å². The zero-order valence-electron chi connectivity index (χ0n) is 17.7. The van der Waals surface area contributed by atoms with E-state index < -0.39 is 20.5 Å². The molecule has 10 nitrogen and oxygen atoms in total. The number of rotatable bonds is 3. The van der Waals surface area contributed by atoms with Gasteiger partial charge < -0.3 is 16.9 Å². The van der Waals surface area contributed by atoms with E-state index in [-0.39, 0.29) is 17.8 Å². The van der Waals surface area contributed by atoms with Crippen LogP contribution < -0.4 is 16.6 Å². The summed E-state index contributed by atoms with van der Waals surface area (Å²) in [6, 6.07) is 18.0. The smallest absolute Gasteiger partial charge is 0.273 e. The Morgan fingerprint density at radius 1 is 0.971 bits per heavy atom. The van der Waals surface area contributed by atoms with E-state index in [2.05, 4.69) is 48.4 Å². The topological polar surface area (TPSA) is 196 Å². The second kappa shape index (κ2) is 18.3. The van der Waals surface area contributed by atoms with Crippen molar-refractivity contribution < 1.29 is 23.5 Å². The molecule has 34 heavy (non-hydrogen) atoms. The average Bonchev–Trinajstić information content (AvgIpc) is 3.17. The highest BCUT2D eigenvalue weighted by Gasteiger charge is 2.17. The first kappa shape index (κ1) is 35.5. The highest BCUT2D eigenvalue weighted by atomic mass is 32.2. The summed E-state index contributed by atoms with van der Waals surface area (Å²) in [7, 11) is -3.82. The molecule has 3 rings (SSSR count). The lowest BCUT2D eigenvalue weighted by atomic mass is 10.1. The molecule has 0 unspecified atom stereocenters. The van der Waals surface area contributed by atoms with Gasteiger partial charge in [0.2, 0.25) is 10.0 Å². The minimum atomic E-state index is -3.82. The lowest BCUT2D eigenvalue weighted by Crippen LogP contribution is -2.16. The molecule has 0 fully saturated rings. The molecule has 2 amide bonds. The standard InChI is InChI=1S/C15H13N3O2S.C3H6.2CH3NOS.CH4.H2O/c16-21(19,20)15-9-5-4-8-14(15)18-13(10-11-17-18)12-6-2-1-3-7-12;1-3-2;2*2-1(3)4;;/h1-11H,(H2,16,19,20);3H,1H2,2H3;2*(H3,2,3,4);1H4;1H2. The zero-order chi connectivity index (χ0) is 24.7. The summed E-state index contributed by atoms with van der Waals surface area (Å²) in [5, 5.41) is 8.24. The lowest BCUT2D eigenvalue weighted by molar-refractivity contribution is 0.266. The Labute approximate surface area is 211 Å². The van der Waals surface area contributed by atoms with Crippen molar-refractivity contribution in [1.29, 1.82) is 0 Å². The van der Waals surface area contributed by atoms with Crippen LogP contribution in [0.1, 0.15) is 14.4 Å². The molecule has 0 aliphatic rings. The van der Waals surface area contributed by atoms with E-state index in [9.17, 15) is 8.42 Å². The molecule has 0 saturated carbocycles. The van der Waals surface area contributed by atoms with E-state index >= 15 is 0 Å². The average molecular weight is 530 g/mol. The molecule has 0 radical (unpaired) electrons. The van der Waals surface area contributed by atoms with Crippen LogP contribution in [0.2, 0.25) is 0 Å². The number of nitrogens with two attached hydrogens (primary N) is 3. The third kappa shape index (κ3) is 14.1. The molecule has 0 bridgehead atoms. The first-order valence-electron chi connectivity index (χ1n) is 8.71. The maximum absolute atomic E-state index is 11.7. The highest BCUT2D eigenvalue weighted by Crippen LogP contribution is 2.25. The van der Waals surface area contributed by atoms with Crippen molar-refractivity contribution in [3.63, 3.8) is 0 Å². The summed E-state index contributed by atoms with van der Waals surface area (Å²) in [5.41, 5.74) is 10.8. The summed E-state index contributed by atoms with van der Waals surface area (Å²) in [5.74, 6) is 0. The molecular weight excluding hydrogens is 498 g/mol. The van der Waals surface area contributed by atoms with Gasteiger partial charge >= 0.3 is 0 Å². The Kier molecular flexibility index (Phi) is 19.1.